The second-order valence-electron chi connectivity index (χ2n) is 5.73. The average molecular weight is 409 g/mol. The van der Waals surface area contributed by atoms with Gasteiger partial charge in [-0.25, -0.2) is 9.55 Å². The monoisotopic (exact) mass is 409 g/mol. The Bertz CT molecular complexity index is 750. The van der Waals surface area contributed by atoms with E-state index in [0.29, 0.717) is 0 Å². The molecule has 1 aromatic heterocycles. The third-order valence-corrected chi connectivity index (χ3v) is 4.19. The van der Waals surface area contributed by atoms with E-state index in [1.165, 1.54) is 0 Å². The van der Waals surface area contributed by atoms with Crippen molar-refractivity contribution in [3.8, 4) is 0 Å². The van der Waals surface area contributed by atoms with E-state index in [4.69, 9.17) is 26.0 Å². The van der Waals surface area contributed by atoms with Crippen molar-refractivity contribution in [2.45, 2.75) is 37.4 Å². The van der Waals surface area contributed by atoms with Crippen LogP contribution in [-0.4, -0.2) is 66.3 Å². The zero-order chi connectivity index (χ0) is 20.4. The van der Waals surface area contributed by atoms with Gasteiger partial charge in [-0.05, 0) is 0 Å². The van der Waals surface area contributed by atoms with Gasteiger partial charge >= 0.3 is 7.82 Å². The van der Waals surface area contributed by atoms with Crippen LogP contribution in [0.15, 0.2) is 6.33 Å². The summed E-state index contributed by atoms with van der Waals surface area (Å²) in [5.41, 5.74) is 10.8. The molecule has 0 saturated carbocycles. The SMILES string of the molecule is NC(=O)CCC(=O)Nc1ncn([C@@H]2O[C@H](COP(=O)(O)O)[C@@H](O)[C@H]2O)c1N. The Hall–Kier alpha value is -2.06. The fraction of sp³-hybridized carbons (Fsp3) is 0.583. The number of phosphoric ester groups is 1. The lowest BCUT2D eigenvalue weighted by Crippen LogP contribution is -2.33. The van der Waals surface area contributed by atoms with Gasteiger partial charge in [0.05, 0.1) is 6.61 Å². The number of carbonyl (C=O) groups is 2. The molecule has 0 aliphatic carbocycles. The highest BCUT2D eigenvalue weighted by molar-refractivity contribution is 7.46. The number of hydrogen-bond acceptors (Lipinski definition) is 9. The van der Waals surface area contributed by atoms with Crippen LogP contribution in [0.25, 0.3) is 0 Å². The Kier molecular flexibility index (Phi) is 6.54. The van der Waals surface area contributed by atoms with Crippen LogP contribution in [0.2, 0.25) is 0 Å². The van der Waals surface area contributed by atoms with Crippen LogP contribution in [0, 0.1) is 0 Å². The number of imidazole rings is 1. The first-order chi connectivity index (χ1) is 12.5. The average Bonchev–Trinajstić information content (AvgIpc) is 3.05. The van der Waals surface area contributed by atoms with Crippen molar-refractivity contribution < 1.29 is 43.4 Å². The van der Waals surface area contributed by atoms with Crippen molar-refractivity contribution in [3.63, 3.8) is 0 Å². The maximum atomic E-state index is 11.7. The number of aromatic nitrogens is 2. The third-order valence-electron chi connectivity index (χ3n) is 3.71. The molecule has 2 rings (SSSR count). The van der Waals surface area contributed by atoms with Crippen molar-refractivity contribution in [2.75, 3.05) is 17.7 Å². The van der Waals surface area contributed by atoms with E-state index < -0.39 is 50.8 Å². The summed E-state index contributed by atoms with van der Waals surface area (Å²) < 4.78 is 21.5. The second kappa shape index (κ2) is 8.31. The van der Waals surface area contributed by atoms with Crippen LogP contribution < -0.4 is 16.8 Å². The van der Waals surface area contributed by atoms with Gasteiger partial charge < -0.3 is 41.5 Å². The number of nitrogens with one attached hydrogen (secondary N) is 1. The normalized spacial score (nSPS) is 25.5. The number of nitrogens with zero attached hydrogens (tertiary/aromatic N) is 2. The fourth-order valence-electron chi connectivity index (χ4n) is 2.37. The minimum absolute atomic E-state index is 0.0651. The molecule has 1 saturated heterocycles. The molecule has 0 radical (unpaired) electrons. The predicted octanol–water partition coefficient (Wildman–Crippen LogP) is -2.60. The van der Waals surface area contributed by atoms with E-state index in [9.17, 15) is 24.4 Å². The topological polar surface area (TPSA) is 232 Å². The Balaban J connectivity index is 2.05. The quantitative estimate of drug-likeness (QED) is 0.220. The molecule has 15 heteroatoms. The van der Waals surface area contributed by atoms with Gasteiger partial charge in [0.1, 0.15) is 24.6 Å². The largest absolute Gasteiger partial charge is 0.469 e. The van der Waals surface area contributed by atoms with Crippen molar-refractivity contribution in [1.29, 1.82) is 0 Å². The fourth-order valence-corrected chi connectivity index (χ4v) is 2.71. The molecular weight excluding hydrogens is 389 g/mol. The number of nitrogens with two attached hydrogens (primary N) is 2. The van der Waals surface area contributed by atoms with Crippen LogP contribution in [0.4, 0.5) is 11.6 Å². The summed E-state index contributed by atoms with van der Waals surface area (Å²) in [4.78, 5) is 43.7. The van der Waals surface area contributed by atoms with Crippen LogP contribution in [-0.2, 0) is 23.4 Å². The van der Waals surface area contributed by atoms with E-state index in [-0.39, 0.29) is 24.5 Å². The number of hydrogen-bond donors (Lipinski definition) is 7. The van der Waals surface area contributed by atoms with Crippen molar-refractivity contribution >= 4 is 31.3 Å². The van der Waals surface area contributed by atoms with Gasteiger partial charge in [0, 0.05) is 12.8 Å². The molecule has 9 N–H and O–H groups in total. The number of primary amides is 1. The highest BCUT2D eigenvalue weighted by Gasteiger charge is 2.45. The Morgan fingerprint density at radius 2 is 2.00 bits per heavy atom. The number of aliphatic hydroxyl groups excluding tert-OH is 2. The number of amides is 2. The first kappa shape index (κ1) is 21.2. The molecule has 4 atom stereocenters. The lowest BCUT2D eigenvalue weighted by atomic mass is 10.1. The van der Waals surface area contributed by atoms with Crippen molar-refractivity contribution in [1.82, 2.24) is 9.55 Å². The molecular formula is C12H20N5O9P. The minimum atomic E-state index is -4.79. The molecule has 14 nitrogen and oxygen atoms in total. The highest BCUT2D eigenvalue weighted by Crippen LogP contribution is 2.39. The molecule has 0 spiro atoms. The first-order valence-electron chi connectivity index (χ1n) is 7.61. The Morgan fingerprint density at radius 1 is 1.33 bits per heavy atom. The summed E-state index contributed by atoms with van der Waals surface area (Å²) in [6, 6.07) is 0. The maximum Gasteiger partial charge on any atom is 0.469 e. The van der Waals surface area contributed by atoms with Gasteiger partial charge in [-0.3, -0.25) is 18.7 Å². The number of anilines is 2. The molecule has 27 heavy (non-hydrogen) atoms. The Labute approximate surface area is 152 Å². The van der Waals surface area contributed by atoms with Crippen LogP contribution >= 0.6 is 7.82 Å². The molecule has 2 heterocycles. The number of aliphatic hydroxyl groups is 2. The van der Waals surface area contributed by atoms with E-state index in [1.54, 1.807) is 0 Å². The Morgan fingerprint density at radius 3 is 2.59 bits per heavy atom. The van der Waals surface area contributed by atoms with E-state index in [0.717, 1.165) is 10.9 Å². The third kappa shape index (κ3) is 5.46. The molecule has 0 aromatic carbocycles. The molecule has 1 fully saturated rings. The van der Waals surface area contributed by atoms with Crippen molar-refractivity contribution in [3.05, 3.63) is 6.33 Å². The lowest BCUT2D eigenvalue weighted by molar-refractivity contribution is -0.122. The summed E-state index contributed by atoms with van der Waals surface area (Å²) in [6.45, 7) is -0.676. The van der Waals surface area contributed by atoms with E-state index >= 15 is 0 Å². The first-order valence-corrected chi connectivity index (χ1v) is 9.14. The van der Waals surface area contributed by atoms with Crippen LogP contribution in [0.1, 0.15) is 19.1 Å². The zero-order valence-corrected chi connectivity index (χ0v) is 14.7. The van der Waals surface area contributed by atoms with Gasteiger partial charge in [-0.15, -0.1) is 0 Å². The van der Waals surface area contributed by atoms with Crippen molar-refractivity contribution in [2.24, 2.45) is 5.73 Å². The number of carbonyl (C=O) groups excluding carboxylic acids is 2. The van der Waals surface area contributed by atoms with Gasteiger partial charge in [0.25, 0.3) is 0 Å². The number of ether oxygens (including phenoxy) is 1. The molecule has 0 unspecified atom stereocenters. The molecule has 152 valence electrons. The molecule has 2 amide bonds. The maximum absolute atomic E-state index is 11.7. The summed E-state index contributed by atoms with van der Waals surface area (Å²) >= 11 is 0. The standard InChI is InChI=1S/C12H20N5O9P/c13-6(18)1-2-7(19)16-11-10(14)17(4-15-11)12-9(21)8(20)5(26-12)3-25-27(22,23)24/h4-5,8-9,12,20-21H,1-3,14H2,(H2,13,18)(H,16,19)(H2,22,23,24)/t5-,8-,9-,12-/m1/s1. The molecule has 0 bridgehead atoms. The second-order valence-corrected chi connectivity index (χ2v) is 6.97. The molecule has 1 aliphatic heterocycles. The zero-order valence-electron chi connectivity index (χ0n) is 13.8. The smallest absolute Gasteiger partial charge is 0.387 e. The predicted molar refractivity (Wildman–Crippen MR) is 87.6 cm³/mol. The van der Waals surface area contributed by atoms with Gasteiger partial charge in [0.2, 0.25) is 11.8 Å². The van der Waals surface area contributed by atoms with Gasteiger partial charge in [-0.2, -0.15) is 0 Å². The summed E-state index contributed by atoms with van der Waals surface area (Å²) in [5, 5.41) is 22.4. The summed E-state index contributed by atoms with van der Waals surface area (Å²) in [5.74, 6) is -1.39. The number of phosphoric acid groups is 1. The number of rotatable bonds is 8. The minimum Gasteiger partial charge on any atom is -0.387 e. The van der Waals surface area contributed by atoms with E-state index in [2.05, 4.69) is 14.8 Å². The van der Waals surface area contributed by atoms with Gasteiger partial charge in [0.15, 0.2) is 17.9 Å². The van der Waals surface area contributed by atoms with Crippen LogP contribution in [0.5, 0.6) is 0 Å². The number of nitrogen functional groups attached to an aromatic ring is 1. The highest BCUT2D eigenvalue weighted by atomic mass is 31.2. The molecule has 1 aliphatic rings. The van der Waals surface area contributed by atoms with Crippen LogP contribution in [0.3, 0.4) is 0 Å². The molecule has 1 aromatic rings. The summed E-state index contributed by atoms with van der Waals surface area (Å²) in [7, 11) is -4.79. The van der Waals surface area contributed by atoms with Gasteiger partial charge in [-0.1, -0.05) is 0 Å². The lowest BCUT2D eigenvalue weighted by Gasteiger charge is -2.17. The summed E-state index contributed by atoms with van der Waals surface area (Å²) in [6.07, 6.45) is -4.72. The van der Waals surface area contributed by atoms with E-state index in [1.807, 2.05) is 0 Å².